The van der Waals surface area contributed by atoms with E-state index < -0.39 is 0 Å². The van der Waals surface area contributed by atoms with Gasteiger partial charge in [0.1, 0.15) is 5.75 Å². The first-order chi connectivity index (χ1) is 7.74. The zero-order chi connectivity index (χ0) is 11.8. The monoisotopic (exact) mass is 217 g/mol. The van der Waals surface area contributed by atoms with Gasteiger partial charge in [-0.3, -0.25) is 0 Å². The third-order valence-electron chi connectivity index (χ3n) is 2.59. The van der Waals surface area contributed by atoms with Crippen LogP contribution in [-0.4, -0.2) is 11.7 Å². The highest BCUT2D eigenvalue weighted by atomic mass is 16.3. The van der Waals surface area contributed by atoms with Crippen LogP contribution in [-0.2, 0) is 0 Å². The molecule has 0 amide bonds. The standard InChI is InChI=1S/C14H19NO/c1-3-4-5-6-11-15-12(2)13-7-9-14(16)10-8-13/h1,7-10,12,15-16H,4-6,11H2,2H3. The van der Waals surface area contributed by atoms with Gasteiger partial charge in [-0.15, -0.1) is 12.3 Å². The Kier molecular flexibility index (Phi) is 5.45. The highest BCUT2D eigenvalue weighted by Gasteiger charge is 2.03. The minimum atomic E-state index is 0.310. The van der Waals surface area contributed by atoms with Crippen molar-refractivity contribution in [2.75, 3.05) is 6.54 Å². The molecule has 1 atom stereocenters. The van der Waals surface area contributed by atoms with Gasteiger partial charge in [0, 0.05) is 12.5 Å². The predicted molar refractivity (Wildman–Crippen MR) is 67.2 cm³/mol. The minimum absolute atomic E-state index is 0.310. The number of aromatic hydroxyl groups is 1. The maximum Gasteiger partial charge on any atom is 0.115 e. The Labute approximate surface area is 97.7 Å². The zero-order valence-electron chi connectivity index (χ0n) is 9.74. The Hall–Kier alpha value is -1.46. The van der Waals surface area contributed by atoms with E-state index in [0.29, 0.717) is 11.8 Å². The van der Waals surface area contributed by atoms with Gasteiger partial charge >= 0.3 is 0 Å². The van der Waals surface area contributed by atoms with Crippen molar-refractivity contribution in [2.45, 2.75) is 32.2 Å². The molecule has 0 radical (unpaired) electrons. The molecule has 1 unspecified atom stereocenters. The van der Waals surface area contributed by atoms with Gasteiger partial charge in [-0.25, -0.2) is 0 Å². The first kappa shape index (κ1) is 12.6. The number of benzene rings is 1. The summed E-state index contributed by atoms with van der Waals surface area (Å²) in [5.74, 6) is 2.95. The number of terminal acetylenes is 1. The van der Waals surface area contributed by atoms with Crippen LogP contribution in [0.4, 0.5) is 0 Å². The van der Waals surface area contributed by atoms with Crippen molar-refractivity contribution in [3.05, 3.63) is 29.8 Å². The molecular formula is C14H19NO. The van der Waals surface area contributed by atoms with Crippen LogP contribution in [0.3, 0.4) is 0 Å². The maximum absolute atomic E-state index is 9.17. The molecule has 2 N–H and O–H groups in total. The summed E-state index contributed by atoms with van der Waals surface area (Å²) in [6.07, 6.45) is 8.22. The van der Waals surface area contributed by atoms with E-state index in [-0.39, 0.29) is 0 Å². The number of hydrogen-bond acceptors (Lipinski definition) is 2. The number of hydrogen-bond donors (Lipinski definition) is 2. The van der Waals surface area contributed by atoms with Crippen molar-refractivity contribution < 1.29 is 5.11 Å². The molecule has 1 rings (SSSR count). The molecule has 0 aliphatic heterocycles. The molecule has 0 bridgehead atoms. The number of phenols is 1. The van der Waals surface area contributed by atoms with E-state index in [1.54, 1.807) is 12.1 Å². The molecule has 0 spiro atoms. The third-order valence-corrected chi connectivity index (χ3v) is 2.59. The van der Waals surface area contributed by atoms with Crippen LogP contribution >= 0.6 is 0 Å². The molecule has 2 nitrogen and oxygen atoms in total. The van der Waals surface area contributed by atoms with Crippen molar-refractivity contribution in [2.24, 2.45) is 0 Å². The third kappa shape index (κ3) is 4.37. The lowest BCUT2D eigenvalue weighted by molar-refractivity contribution is 0.474. The summed E-state index contributed by atoms with van der Waals surface area (Å²) in [6, 6.07) is 7.62. The Morgan fingerprint density at radius 3 is 2.62 bits per heavy atom. The lowest BCUT2D eigenvalue weighted by atomic mass is 10.1. The maximum atomic E-state index is 9.17. The summed E-state index contributed by atoms with van der Waals surface area (Å²) in [5, 5.41) is 12.6. The van der Waals surface area contributed by atoms with Crippen molar-refractivity contribution in [1.82, 2.24) is 5.32 Å². The highest BCUT2D eigenvalue weighted by Crippen LogP contribution is 2.16. The number of rotatable bonds is 6. The largest absolute Gasteiger partial charge is 0.508 e. The van der Waals surface area contributed by atoms with Gasteiger partial charge in [0.25, 0.3) is 0 Å². The summed E-state index contributed by atoms with van der Waals surface area (Å²) < 4.78 is 0. The second-order valence-corrected chi connectivity index (χ2v) is 3.93. The quantitative estimate of drug-likeness (QED) is 0.567. The van der Waals surface area contributed by atoms with Gasteiger partial charge < -0.3 is 10.4 Å². The van der Waals surface area contributed by atoms with Gasteiger partial charge in [-0.1, -0.05) is 12.1 Å². The Morgan fingerprint density at radius 2 is 2.00 bits per heavy atom. The highest BCUT2D eigenvalue weighted by molar-refractivity contribution is 5.27. The molecule has 1 aromatic rings. The van der Waals surface area contributed by atoms with Crippen LogP contribution in [0.2, 0.25) is 0 Å². The molecule has 16 heavy (non-hydrogen) atoms. The number of phenolic OH excluding ortho intramolecular Hbond substituents is 1. The smallest absolute Gasteiger partial charge is 0.115 e. The minimum Gasteiger partial charge on any atom is -0.508 e. The van der Waals surface area contributed by atoms with Crippen LogP contribution in [0.1, 0.15) is 37.8 Å². The molecule has 0 saturated carbocycles. The molecule has 2 heteroatoms. The fraction of sp³-hybridized carbons (Fsp3) is 0.429. The fourth-order valence-electron chi connectivity index (χ4n) is 1.55. The summed E-state index contributed by atoms with van der Waals surface area (Å²) >= 11 is 0. The van der Waals surface area contributed by atoms with Crippen LogP contribution in [0.25, 0.3) is 0 Å². The van der Waals surface area contributed by atoms with Crippen molar-refractivity contribution in [3.63, 3.8) is 0 Å². The van der Waals surface area contributed by atoms with E-state index in [2.05, 4.69) is 18.2 Å². The summed E-state index contributed by atoms with van der Waals surface area (Å²) in [6.45, 7) is 3.09. The molecular weight excluding hydrogens is 198 g/mol. The van der Waals surface area contributed by atoms with E-state index >= 15 is 0 Å². The summed E-state index contributed by atoms with van der Waals surface area (Å²) in [4.78, 5) is 0. The Balaban J connectivity index is 2.27. The molecule has 0 aliphatic rings. The van der Waals surface area contributed by atoms with Gasteiger partial charge in [-0.05, 0) is 44.0 Å². The average molecular weight is 217 g/mol. The Morgan fingerprint density at radius 1 is 1.31 bits per heavy atom. The van der Waals surface area contributed by atoms with Crippen molar-refractivity contribution in [3.8, 4) is 18.1 Å². The molecule has 0 aromatic heterocycles. The topological polar surface area (TPSA) is 32.3 Å². The van der Waals surface area contributed by atoms with Gasteiger partial charge in [0.05, 0.1) is 0 Å². The summed E-state index contributed by atoms with van der Waals surface area (Å²) in [5.41, 5.74) is 1.19. The van der Waals surface area contributed by atoms with Gasteiger partial charge in [-0.2, -0.15) is 0 Å². The normalized spacial score (nSPS) is 12.0. The average Bonchev–Trinajstić information content (AvgIpc) is 2.29. The van der Waals surface area contributed by atoms with Crippen molar-refractivity contribution in [1.29, 1.82) is 0 Å². The second-order valence-electron chi connectivity index (χ2n) is 3.93. The summed E-state index contributed by atoms with van der Waals surface area (Å²) in [7, 11) is 0. The van der Waals surface area contributed by atoms with E-state index in [1.807, 2.05) is 12.1 Å². The van der Waals surface area contributed by atoms with E-state index in [9.17, 15) is 5.11 Å². The second kappa shape index (κ2) is 6.92. The van der Waals surface area contributed by atoms with Crippen LogP contribution in [0.15, 0.2) is 24.3 Å². The van der Waals surface area contributed by atoms with E-state index in [0.717, 1.165) is 25.8 Å². The van der Waals surface area contributed by atoms with Crippen LogP contribution < -0.4 is 5.32 Å². The first-order valence-corrected chi connectivity index (χ1v) is 5.70. The fourth-order valence-corrected chi connectivity index (χ4v) is 1.55. The number of nitrogens with one attached hydrogen (secondary N) is 1. The molecule has 0 saturated heterocycles. The Bertz CT molecular complexity index is 337. The molecule has 86 valence electrons. The van der Waals surface area contributed by atoms with Gasteiger partial charge in [0.2, 0.25) is 0 Å². The molecule has 0 aliphatic carbocycles. The lowest BCUT2D eigenvalue weighted by Gasteiger charge is -2.13. The van der Waals surface area contributed by atoms with Crippen LogP contribution in [0.5, 0.6) is 5.75 Å². The predicted octanol–water partition coefficient (Wildman–Crippen LogP) is 2.85. The first-order valence-electron chi connectivity index (χ1n) is 5.70. The number of unbranched alkanes of at least 4 members (excludes halogenated alkanes) is 2. The van der Waals surface area contributed by atoms with Crippen molar-refractivity contribution >= 4 is 0 Å². The SMILES string of the molecule is C#CCCCCNC(C)c1ccc(O)cc1. The lowest BCUT2D eigenvalue weighted by Crippen LogP contribution is -2.19. The van der Waals surface area contributed by atoms with Crippen LogP contribution in [0, 0.1) is 12.3 Å². The molecule has 1 aromatic carbocycles. The zero-order valence-corrected chi connectivity index (χ0v) is 9.74. The molecule has 0 heterocycles. The van der Waals surface area contributed by atoms with Gasteiger partial charge in [0.15, 0.2) is 0 Å². The van der Waals surface area contributed by atoms with E-state index in [4.69, 9.17) is 6.42 Å². The van der Waals surface area contributed by atoms with E-state index in [1.165, 1.54) is 5.56 Å². The molecule has 0 fully saturated rings.